The number of aromatic nitrogens is 1. The number of carbonyl (C=O) groups is 1. The first-order valence-corrected chi connectivity index (χ1v) is 11.7. The molecule has 1 aliphatic carbocycles. The fraction of sp³-hybridized carbons (Fsp3) is 0.200. The summed E-state index contributed by atoms with van der Waals surface area (Å²) in [6.45, 7) is 0. The van der Waals surface area contributed by atoms with Gasteiger partial charge >= 0.3 is 0 Å². The van der Waals surface area contributed by atoms with E-state index in [2.05, 4.69) is 10.3 Å². The topological polar surface area (TPSA) is 45.2 Å². The number of amides is 1. The minimum Gasteiger partial charge on any atom is -0.352 e. The molecule has 1 aliphatic heterocycles. The van der Waals surface area contributed by atoms with Crippen LogP contribution in [0.4, 0.5) is 10.7 Å². The van der Waals surface area contributed by atoms with E-state index < -0.39 is 6.17 Å². The number of thiophene rings is 1. The summed E-state index contributed by atoms with van der Waals surface area (Å²) in [4.78, 5) is 21.7. The van der Waals surface area contributed by atoms with Crippen LogP contribution in [0.2, 0.25) is 5.15 Å². The van der Waals surface area contributed by atoms with Gasteiger partial charge in [0, 0.05) is 21.5 Å². The lowest BCUT2D eigenvalue weighted by molar-refractivity contribution is 0.0974. The molecule has 6 rings (SSSR count). The maximum atomic E-state index is 13.9. The monoisotopic (exact) mass is 445 g/mol. The van der Waals surface area contributed by atoms with Crippen LogP contribution in [0.5, 0.6) is 0 Å². The summed E-state index contributed by atoms with van der Waals surface area (Å²) in [6.07, 6.45) is 3.93. The minimum absolute atomic E-state index is 0.0357. The number of carbonyl (C=O) groups excluding carboxylic acids is 1. The number of nitrogens with one attached hydrogen (secondary N) is 1. The third-order valence-corrected chi connectivity index (χ3v) is 7.69. The summed E-state index contributed by atoms with van der Waals surface area (Å²) in [5, 5.41) is 6.02. The fourth-order valence-electron chi connectivity index (χ4n) is 4.69. The van der Waals surface area contributed by atoms with Gasteiger partial charge in [0.15, 0.2) is 0 Å². The molecule has 0 radical (unpaired) electrons. The molecule has 6 heteroatoms. The lowest BCUT2D eigenvalue weighted by atomic mass is 9.93. The zero-order chi connectivity index (χ0) is 20.9. The second-order valence-corrected chi connectivity index (χ2v) is 9.50. The van der Waals surface area contributed by atoms with Crippen molar-refractivity contribution < 1.29 is 4.79 Å². The molecule has 1 amide bonds. The van der Waals surface area contributed by atoms with Crippen LogP contribution in [-0.4, -0.2) is 10.9 Å². The summed E-state index contributed by atoms with van der Waals surface area (Å²) in [5.41, 5.74) is 4.55. The minimum atomic E-state index is -0.424. The molecule has 2 aromatic heterocycles. The van der Waals surface area contributed by atoms with E-state index in [0.29, 0.717) is 5.15 Å². The SMILES string of the molecule is O=C1c2c(sc3c2CCCC3)N[C@H](c2cc3ccccc3nc2Cl)N1c1ccccc1. The van der Waals surface area contributed by atoms with Gasteiger partial charge in [-0.2, -0.15) is 0 Å². The van der Waals surface area contributed by atoms with Crippen molar-refractivity contribution in [3.63, 3.8) is 0 Å². The Labute approximate surface area is 189 Å². The molecule has 2 aliphatic rings. The Morgan fingerprint density at radius 1 is 1.03 bits per heavy atom. The number of aryl methyl sites for hydroxylation is 1. The predicted molar refractivity (Wildman–Crippen MR) is 127 cm³/mol. The molecule has 0 bridgehead atoms. The molecule has 1 atom stereocenters. The third kappa shape index (κ3) is 3.03. The lowest BCUT2D eigenvalue weighted by Gasteiger charge is -2.37. The van der Waals surface area contributed by atoms with Gasteiger partial charge in [-0.05, 0) is 55.5 Å². The van der Waals surface area contributed by atoms with E-state index in [1.807, 2.05) is 65.6 Å². The lowest BCUT2D eigenvalue weighted by Crippen LogP contribution is -2.43. The highest BCUT2D eigenvalue weighted by molar-refractivity contribution is 7.16. The zero-order valence-corrected chi connectivity index (χ0v) is 18.3. The number of fused-ring (bicyclic) bond motifs is 4. The smallest absolute Gasteiger partial charge is 0.263 e. The van der Waals surface area contributed by atoms with Gasteiger partial charge in [0.1, 0.15) is 16.3 Å². The summed E-state index contributed by atoms with van der Waals surface area (Å²) >= 11 is 8.40. The van der Waals surface area contributed by atoms with Crippen molar-refractivity contribution in [1.82, 2.24) is 4.98 Å². The van der Waals surface area contributed by atoms with Crippen molar-refractivity contribution in [1.29, 1.82) is 0 Å². The van der Waals surface area contributed by atoms with Crippen LogP contribution >= 0.6 is 22.9 Å². The van der Waals surface area contributed by atoms with Gasteiger partial charge in [0.2, 0.25) is 0 Å². The van der Waals surface area contributed by atoms with Crippen LogP contribution in [0.15, 0.2) is 60.7 Å². The highest BCUT2D eigenvalue weighted by Crippen LogP contribution is 2.46. The van der Waals surface area contributed by atoms with Crippen LogP contribution in [-0.2, 0) is 12.8 Å². The van der Waals surface area contributed by atoms with E-state index in [0.717, 1.165) is 52.0 Å². The third-order valence-electron chi connectivity index (χ3n) is 6.16. The molecule has 0 unspecified atom stereocenters. The quantitative estimate of drug-likeness (QED) is 0.353. The van der Waals surface area contributed by atoms with Crippen LogP contribution in [0.3, 0.4) is 0 Å². The Morgan fingerprint density at radius 2 is 1.81 bits per heavy atom. The molecule has 154 valence electrons. The first-order chi connectivity index (χ1) is 15.2. The summed E-state index contributed by atoms with van der Waals surface area (Å²) < 4.78 is 0. The second kappa shape index (κ2) is 7.36. The van der Waals surface area contributed by atoms with Gasteiger partial charge in [-0.15, -0.1) is 11.3 Å². The molecule has 0 saturated carbocycles. The van der Waals surface area contributed by atoms with Crippen molar-refractivity contribution in [3.8, 4) is 0 Å². The van der Waals surface area contributed by atoms with Gasteiger partial charge in [-0.25, -0.2) is 4.98 Å². The molecule has 4 aromatic rings. The number of pyridine rings is 1. The van der Waals surface area contributed by atoms with Crippen molar-refractivity contribution in [2.75, 3.05) is 10.2 Å². The molecule has 1 N–H and O–H groups in total. The number of anilines is 2. The summed E-state index contributed by atoms with van der Waals surface area (Å²) in [6, 6.07) is 19.8. The Bertz CT molecular complexity index is 1320. The van der Waals surface area contributed by atoms with Crippen LogP contribution < -0.4 is 10.2 Å². The molecule has 2 aromatic carbocycles. The molecule has 0 fully saturated rings. The van der Waals surface area contributed by atoms with Crippen molar-refractivity contribution in [2.24, 2.45) is 0 Å². The van der Waals surface area contributed by atoms with E-state index in [1.165, 1.54) is 16.9 Å². The van der Waals surface area contributed by atoms with Crippen molar-refractivity contribution in [3.05, 3.63) is 87.4 Å². The molecule has 0 saturated heterocycles. The predicted octanol–water partition coefficient (Wildman–Crippen LogP) is 6.60. The van der Waals surface area contributed by atoms with Crippen LogP contribution in [0.1, 0.15) is 45.4 Å². The van der Waals surface area contributed by atoms with Crippen molar-refractivity contribution in [2.45, 2.75) is 31.8 Å². The standard InChI is InChI=1S/C25H20ClN3OS/c26-22-18(14-15-8-4-6-12-19(15)27-22)23-28-24-21(17-11-5-7-13-20(17)31-24)25(30)29(23)16-9-2-1-3-10-16/h1-4,6,8-10,12,14,23,28H,5,7,11,13H2/t23-/m0/s1. The van der Waals surface area contributed by atoms with E-state index in [1.54, 1.807) is 11.3 Å². The first-order valence-electron chi connectivity index (χ1n) is 10.6. The molecule has 4 nitrogen and oxygen atoms in total. The Kier molecular flexibility index (Phi) is 4.47. The zero-order valence-electron chi connectivity index (χ0n) is 16.8. The largest absolute Gasteiger partial charge is 0.352 e. The average Bonchev–Trinajstić information content (AvgIpc) is 3.18. The fourth-order valence-corrected chi connectivity index (χ4v) is 6.24. The highest BCUT2D eigenvalue weighted by Gasteiger charge is 2.39. The first kappa shape index (κ1) is 18.8. The Hall–Kier alpha value is -2.89. The van der Waals surface area contributed by atoms with E-state index in [-0.39, 0.29) is 5.91 Å². The Balaban J connectivity index is 1.55. The summed E-state index contributed by atoms with van der Waals surface area (Å²) in [7, 11) is 0. The molecule has 3 heterocycles. The van der Waals surface area contributed by atoms with E-state index in [9.17, 15) is 4.79 Å². The number of hydrogen-bond donors (Lipinski definition) is 1. The number of halogens is 1. The van der Waals surface area contributed by atoms with Crippen LogP contribution in [0, 0.1) is 0 Å². The molecular formula is C25H20ClN3OS. The number of nitrogens with zero attached hydrogens (tertiary/aromatic N) is 2. The van der Waals surface area contributed by atoms with Gasteiger partial charge in [0.25, 0.3) is 5.91 Å². The summed E-state index contributed by atoms with van der Waals surface area (Å²) in [5.74, 6) is 0.0357. The maximum Gasteiger partial charge on any atom is 0.263 e. The number of hydrogen-bond acceptors (Lipinski definition) is 4. The highest BCUT2D eigenvalue weighted by atomic mass is 35.5. The van der Waals surface area contributed by atoms with E-state index >= 15 is 0 Å². The second-order valence-electron chi connectivity index (χ2n) is 8.03. The van der Waals surface area contributed by atoms with Crippen molar-refractivity contribution >= 4 is 50.4 Å². The van der Waals surface area contributed by atoms with Gasteiger partial charge < -0.3 is 5.32 Å². The molecule has 31 heavy (non-hydrogen) atoms. The molecule has 0 spiro atoms. The average molecular weight is 446 g/mol. The van der Waals surface area contributed by atoms with E-state index in [4.69, 9.17) is 11.6 Å². The molecular weight excluding hydrogens is 426 g/mol. The van der Waals surface area contributed by atoms with Gasteiger partial charge in [-0.1, -0.05) is 48.0 Å². The number of benzene rings is 2. The van der Waals surface area contributed by atoms with Gasteiger partial charge in [-0.3, -0.25) is 9.69 Å². The number of rotatable bonds is 2. The van der Waals surface area contributed by atoms with Gasteiger partial charge in [0.05, 0.1) is 11.1 Å². The number of para-hydroxylation sites is 2. The van der Waals surface area contributed by atoms with Crippen LogP contribution in [0.25, 0.3) is 10.9 Å². The Morgan fingerprint density at radius 3 is 2.68 bits per heavy atom. The normalized spacial score (nSPS) is 17.9. The maximum absolute atomic E-state index is 13.9.